The van der Waals surface area contributed by atoms with Gasteiger partial charge in [-0.2, -0.15) is 5.10 Å². The molecule has 0 N–H and O–H groups in total. The van der Waals surface area contributed by atoms with Crippen molar-refractivity contribution in [2.75, 3.05) is 13.1 Å². The summed E-state index contributed by atoms with van der Waals surface area (Å²) < 4.78 is 7.24. The normalized spacial score (nSPS) is 21.4. The van der Waals surface area contributed by atoms with E-state index >= 15 is 0 Å². The largest absolute Gasteiger partial charge is 0.444 e. The van der Waals surface area contributed by atoms with Crippen molar-refractivity contribution >= 4 is 12.0 Å². The lowest BCUT2D eigenvalue weighted by molar-refractivity contribution is -0.139. The first-order valence-electron chi connectivity index (χ1n) is 8.85. The van der Waals surface area contributed by atoms with Crippen LogP contribution in [0.25, 0.3) is 0 Å². The number of aryl methyl sites for hydroxylation is 2. The van der Waals surface area contributed by atoms with Crippen LogP contribution in [-0.2, 0) is 16.1 Å². The average Bonchev–Trinajstić information content (AvgIpc) is 2.88. The van der Waals surface area contributed by atoms with Crippen molar-refractivity contribution < 1.29 is 14.3 Å². The Labute approximate surface area is 149 Å². The van der Waals surface area contributed by atoms with E-state index in [1.54, 1.807) is 15.8 Å². The van der Waals surface area contributed by atoms with E-state index < -0.39 is 5.60 Å². The fourth-order valence-corrected chi connectivity index (χ4v) is 3.22. The molecule has 2 amide bonds. The molecule has 2 heterocycles. The minimum absolute atomic E-state index is 0.0388. The lowest BCUT2D eigenvalue weighted by atomic mass is 10.1. The highest BCUT2D eigenvalue weighted by atomic mass is 16.6. The Kier molecular flexibility index (Phi) is 5.75. The van der Waals surface area contributed by atoms with Gasteiger partial charge in [-0.15, -0.1) is 0 Å². The van der Waals surface area contributed by atoms with Gasteiger partial charge in [0.15, 0.2) is 0 Å². The third-order valence-electron chi connectivity index (χ3n) is 4.18. The third kappa shape index (κ3) is 5.21. The molecule has 0 bridgehead atoms. The Morgan fingerprint density at radius 3 is 2.32 bits per heavy atom. The van der Waals surface area contributed by atoms with Gasteiger partial charge in [0.2, 0.25) is 5.91 Å². The molecule has 2 unspecified atom stereocenters. The van der Waals surface area contributed by atoms with Crippen LogP contribution in [0.1, 0.15) is 46.6 Å². The maximum atomic E-state index is 12.7. The van der Waals surface area contributed by atoms with Crippen LogP contribution in [0, 0.1) is 6.92 Å². The summed E-state index contributed by atoms with van der Waals surface area (Å²) in [5.41, 5.74) is 0.568. The predicted molar refractivity (Wildman–Crippen MR) is 95.2 cm³/mol. The molecule has 0 saturated carbocycles. The number of aromatic nitrogens is 2. The molecule has 1 aromatic heterocycles. The Morgan fingerprint density at radius 2 is 1.84 bits per heavy atom. The molecule has 1 aliphatic rings. The molecular formula is C18H30N4O3. The number of hydrogen-bond acceptors (Lipinski definition) is 4. The number of hydrogen-bond donors (Lipinski definition) is 0. The maximum Gasteiger partial charge on any atom is 0.410 e. The highest BCUT2D eigenvalue weighted by Crippen LogP contribution is 2.20. The van der Waals surface area contributed by atoms with Gasteiger partial charge < -0.3 is 14.5 Å². The molecule has 2 rings (SSSR count). The first kappa shape index (κ1) is 19.3. The van der Waals surface area contributed by atoms with Gasteiger partial charge in [0.25, 0.3) is 0 Å². The summed E-state index contributed by atoms with van der Waals surface area (Å²) in [6.45, 7) is 13.0. The topological polar surface area (TPSA) is 67.7 Å². The molecule has 0 spiro atoms. The van der Waals surface area contributed by atoms with E-state index in [1.165, 1.54) is 0 Å². The minimum atomic E-state index is -0.515. The van der Waals surface area contributed by atoms with Crippen molar-refractivity contribution in [3.63, 3.8) is 0 Å². The number of carbonyl (C=O) groups excluding carboxylic acids is 2. The minimum Gasteiger partial charge on any atom is -0.444 e. The van der Waals surface area contributed by atoms with E-state index in [0.717, 1.165) is 5.56 Å². The van der Waals surface area contributed by atoms with Crippen molar-refractivity contribution in [1.29, 1.82) is 0 Å². The van der Waals surface area contributed by atoms with Gasteiger partial charge in [-0.05, 0) is 47.1 Å². The summed E-state index contributed by atoms with van der Waals surface area (Å²) in [5.74, 6) is 0.0944. The molecule has 2 atom stereocenters. The highest BCUT2D eigenvalue weighted by molar-refractivity contribution is 5.77. The molecule has 1 saturated heterocycles. The second-order valence-electron chi connectivity index (χ2n) is 7.92. The zero-order chi connectivity index (χ0) is 18.8. The third-order valence-corrected chi connectivity index (χ3v) is 4.18. The van der Waals surface area contributed by atoms with Gasteiger partial charge in [-0.1, -0.05) is 0 Å². The monoisotopic (exact) mass is 350 g/mol. The molecule has 1 fully saturated rings. The van der Waals surface area contributed by atoms with E-state index in [9.17, 15) is 9.59 Å². The van der Waals surface area contributed by atoms with Crippen LogP contribution >= 0.6 is 0 Å². The number of rotatable bonds is 3. The first-order chi connectivity index (χ1) is 11.6. The van der Waals surface area contributed by atoms with Crippen molar-refractivity contribution in [2.24, 2.45) is 0 Å². The molecule has 0 radical (unpaired) electrons. The summed E-state index contributed by atoms with van der Waals surface area (Å²) in [7, 11) is 0. The molecule has 1 aromatic rings. The van der Waals surface area contributed by atoms with Crippen LogP contribution in [0.15, 0.2) is 12.4 Å². The average molecular weight is 350 g/mol. The van der Waals surface area contributed by atoms with Crippen LogP contribution < -0.4 is 0 Å². The second-order valence-corrected chi connectivity index (χ2v) is 7.92. The molecule has 7 nitrogen and oxygen atoms in total. The second kappa shape index (κ2) is 7.45. The van der Waals surface area contributed by atoms with Gasteiger partial charge in [-0.3, -0.25) is 9.48 Å². The summed E-state index contributed by atoms with van der Waals surface area (Å²) in [5, 5.41) is 4.22. The van der Waals surface area contributed by atoms with Gasteiger partial charge >= 0.3 is 6.09 Å². The van der Waals surface area contributed by atoms with Gasteiger partial charge in [0.05, 0.1) is 6.20 Å². The number of amides is 2. The van der Waals surface area contributed by atoms with Crippen molar-refractivity contribution in [3.05, 3.63) is 18.0 Å². The standard InChI is InChI=1S/C18H30N4O3/c1-13-9-19-21(10-13)8-7-16(23)22-14(2)11-20(12-15(22)3)17(24)25-18(4,5)6/h9-10,14-15H,7-8,11-12H2,1-6H3. The SMILES string of the molecule is Cc1cnn(CCC(=O)N2C(C)CN(C(=O)OC(C)(C)C)CC2C)c1. The fourth-order valence-electron chi connectivity index (χ4n) is 3.22. The number of carbonyl (C=O) groups is 2. The summed E-state index contributed by atoms with van der Waals surface area (Å²) in [6, 6.07) is -0.0775. The first-order valence-corrected chi connectivity index (χ1v) is 8.85. The summed E-state index contributed by atoms with van der Waals surface area (Å²) >= 11 is 0. The lowest BCUT2D eigenvalue weighted by Gasteiger charge is -2.44. The van der Waals surface area contributed by atoms with Crippen molar-refractivity contribution in [3.8, 4) is 0 Å². The van der Waals surface area contributed by atoms with Crippen molar-refractivity contribution in [2.45, 2.75) is 72.2 Å². The number of ether oxygens (including phenoxy) is 1. The number of piperazine rings is 1. The molecule has 0 aliphatic carbocycles. The molecule has 25 heavy (non-hydrogen) atoms. The molecule has 1 aliphatic heterocycles. The smallest absolute Gasteiger partial charge is 0.410 e. The highest BCUT2D eigenvalue weighted by Gasteiger charge is 2.36. The van der Waals surface area contributed by atoms with E-state index in [0.29, 0.717) is 26.1 Å². The van der Waals surface area contributed by atoms with E-state index in [-0.39, 0.29) is 24.1 Å². The Balaban J connectivity index is 1.92. The zero-order valence-corrected chi connectivity index (χ0v) is 16.2. The molecule has 0 aromatic carbocycles. The summed E-state index contributed by atoms with van der Waals surface area (Å²) in [4.78, 5) is 28.5. The van der Waals surface area contributed by atoms with Crippen LogP contribution in [0.5, 0.6) is 0 Å². The van der Waals surface area contributed by atoms with Crippen LogP contribution in [0.2, 0.25) is 0 Å². The fraction of sp³-hybridized carbons (Fsp3) is 0.722. The lowest BCUT2D eigenvalue weighted by Crippen LogP contribution is -2.60. The number of nitrogens with zero attached hydrogens (tertiary/aromatic N) is 4. The van der Waals surface area contributed by atoms with Crippen LogP contribution in [-0.4, -0.2) is 62.4 Å². The maximum absolute atomic E-state index is 12.7. The van der Waals surface area contributed by atoms with E-state index in [4.69, 9.17) is 4.74 Å². The van der Waals surface area contributed by atoms with Crippen molar-refractivity contribution in [1.82, 2.24) is 19.6 Å². The van der Waals surface area contributed by atoms with Crippen LogP contribution in [0.4, 0.5) is 4.79 Å². The zero-order valence-electron chi connectivity index (χ0n) is 16.2. The quantitative estimate of drug-likeness (QED) is 0.840. The Bertz CT molecular complexity index is 608. The van der Waals surface area contributed by atoms with Crippen LogP contribution in [0.3, 0.4) is 0 Å². The van der Waals surface area contributed by atoms with Gasteiger partial charge in [0, 0.05) is 44.3 Å². The Hall–Kier alpha value is -2.05. The molecule has 7 heteroatoms. The van der Waals surface area contributed by atoms with E-state index in [2.05, 4.69) is 5.10 Å². The Morgan fingerprint density at radius 1 is 1.24 bits per heavy atom. The molecular weight excluding hydrogens is 320 g/mol. The van der Waals surface area contributed by atoms with Gasteiger partial charge in [-0.25, -0.2) is 4.79 Å². The summed E-state index contributed by atoms with van der Waals surface area (Å²) in [6.07, 6.45) is 3.81. The molecule has 140 valence electrons. The van der Waals surface area contributed by atoms with Gasteiger partial charge in [0.1, 0.15) is 5.60 Å². The predicted octanol–water partition coefficient (Wildman–Crippen LogP) is 2.44. The van der Waals surface area contributed by atoms with E-state index in [1.807, 2.05) is 52.6 Å².